The van der Waals surface area contributed by atoms with E-state index in [1.54, 1.807) is 19.1 Å². The summed E-state index contributed by atoms with van der Waals surface area (Å²) in [5.74, 6) is 1.52. The number of rotatable bonds is 3. The summed E-state index contributed by atoms with van der Waals surface area (Å²) in [4.78, 5) is 11.4. The van der Waals surface area contributed by atoms with Gasteiger partial charge in [-0.05, 0) is 64.2 Å². The van der Waals surface area contributed by atoms with Gasteiger partial charge in [-0.15, -0.1) is 0 Å². The molecule has 0 saturated carbocycles. The number of carbonyl (C=O) groups is 1. The Morgan fingerprint density at radius 2 is 1.57 bits per heavy atom. The SMILES string of the molecule is CC(=O)c1ccc(Oc2ccc(C(C)(C)C)cc2)cc1Br. The molecule has 0 bridgehead atoms. The van der Waals surface area contributed by atoms with Gasteiger partial charge in [0.2, 0.25) is 0 Å². The fourth-order valence-corrected chi connectivity index (χ4v) is 2.64. The molecule has 0 aliphatic heterocycles. The highest BCUT2D eigenvalue weighted by Gasteiger charge is 2.13. The minimum Gasteiger partial charge on any atom is -0.457 e. The van der Waals surface area contributed by atoms with E-state index in [-0.39, 0.29) is 11.2 Å². The Morgan fingerprint density at radius 3 is 2.05 bits per heavy atom. The van der Waals surface area contributed by atoms with Gasteiger partial charge in [-0.2, -0.15) is 0 Å². The third-order valence-electron chi connectivity index (χ3n) is 3.28. The number of Topliss-reactive ketones (excluding diaryl/α,β-unsaturated/α-hetero) is 1. The number of ether oxygens (including phenoxy) is 1. The highest BCUT2D eigenvalue weighted by molar-refractivity contribution is 9.10. The Kier molecular flexibility index (Phi) is 4.52. The maximum atomic E-state index is 11.4. The van der Waals surface area contributed by atoms with E-state index in [9.17, 15) is 4.79 Å². The third kappa shape index (κ3) is 3.94. The van der Waals surface area contributed by atoms with E-state index < -0.39 is 0 Å². The Hall–Kier alpha value is -1.61. The topological polar surface area (TPSA) is 26.3 Å². The Labute approximate surface area is 134 Å². The monoisotopic (exact) mass is 346 g/mol. The summed E-state index contributed by atoms with van der Waals surface area (Å²) < 4.78 is 6.57. The van der Waals surface area contributed by atoms with Gasteiger partial charge in [0, 0.05) is 10.0 Å². The van der Waals surface area contributed by atoms with Crippen molar-refractivity contribution < 1.29 is 9.53 Å². The summed E-state index contributed by atoms with van der Waals surface area (Å²) in [6.07, 6.45) is 0. The summed E-state index contributed by atoms with van der Waals surface area (Å²) in [5.41, 5.74) is 2.05. The van der Waals surface area contributed by atoms with Crippen LogP contribution in [0.2, 0.25) is 0 Å². The van der Waals surface area contributed by atoms with Gasteiger partial charge in [0.15, 0.2) is 5.78 Å². The highest BCUT2D eigenvalue weighted by atomic mass is 79.9. The molecule has 0 spiro atoms. The molecule has 110 valence electrons. The van der Waals surface area contributed by atoms with Crippen molar-refractivity contribution in [2.45, 2.75) is 33.1 Å². The molecule has 0 aliphatic rings. The van der Waals surface area contributed by atoms with Gasteiger partial charge >= 0.3 is 0 Å². The normalized spacial score (nSPS) is 11.3. The van der Waals surface area contributed by atoms with Crippen molar-refractivity contribution in [3.8, 4) is 11.5 Å². The van der Waals surface area contributed by atoms with E-state index in [0.717, 1.165) is 10.2 Å². The molecule has 2 aromatic carbocycles. The van der Waals surface area contributed by atoms with Crippen LogP contribution in [0, 0.1) is 0 Å². The highest BCUT2D eigenvalue weighted by Crippen LogP contribution is 2.29. The number of hydrogen-bond donors (Lipinski definition) is 0. The van der Waals surface area contributed by atoms with E-state index in [0.29, 0.717) is 11.3 Å². The van der Waals surface area contributed by atoms with E-state index in [2.05, 4.69) is 48.8 Å². The Morgan fingerprint density at radius 1 is 1.00 bits per heavy atom. The number of benzene rings is 2. The molecule has 2 aromatic rings. The number of halogens is 1. The molecule has 0 atom stereocenters. The Bertz CT molecular complexity index is 652. The van der Waals surface area contributed by atoms with Crippen LogP contribution in [0.25, 0.3) is 0 Å². The molecule has 0 aromatic heterocycles. The van der Waals surface area contributed by atoms with Crippen LogP contribution in [0.15, 0.2) is 46.9 Å². The molecular weight excluding hydrogens is 328 g/mol. The average molecular weight is 347 g/mol. The predicted octanol–water partition coefficient (Wildman–Crippen LogP) is 5.74. The molecule has 2 nitrogen and oxygen atoms in total. The molecule has 0 heterocycles. The summed E-state index contributed by atoms with van der Waals surface area (Å²) in [5, 5.41) is 0. The maximum Gasteiger partial charge on any atom is 0.160 e. The first-order chi connectivity index (χ1) is 9.77. The molecule has 2 rings (SSSR count). The summed E-state index contributed by atoms with van der Waals surface area (Å²) >= 11 is 3.40. The fourth-order valence-electron chi connectivity index (χ4n) is 2.00. The van der Waals surface area contributed by atoms with Crippen LogP contribution >= 0.6 is 15.9 Å². The first-order valence-corrected chi connectivity index (χ1v) is 7.65. The zero-order valence-corrected chi connectivity index (χ0v) is 14.3. The van der Waals surface area contributed by atoms with E-state index in [1.165, 1.54) is 5.56 Å². The number of carbonyl (C=O) groups excluding carboxylic acids is 1. The third-order valence-corrected chi connectivity index (χ3v) is 3.93. The zero-order chi connectivity index (χ0) is 15.6. The number of ketones is 1. The second-order valence-corrected chi connectivity index (χ2v) is 6.93. The van der Waals surface area contributed by atoms with Crippen LogP contribution in [-0.4, -0.2) is 5.78 Å². The second-order valence-electron chi connectivity index (χ2n) is 6.07. The van der Waals surface area contributed by atoms with Crippen LogP contribution in [0.1, 0.15) is 43.6 Å². The zero-order valence-electron chi connectivity index (χ0n) is 12.7. The first-order valence-electron chi connectivity index (χ1n) is 6.86. The molecule has 0 N–H and O–H groups in total. The smallest absolute Gasteiger partial charge is 0.160 e. The molecule has 21 heavy (non-hydrogen) atoms. The summed E-state index contributed by atoms with van der Waals surface area (Å²) in [6, 6.07) is 13.5. The van der Waals surface area contributed by atoms with Gasteiger partial charge < -0.3 is 4.74 Å². The fraction of sp³-hybridized carbons (Fsp3) is 0.278. The Balaban J connectivity index is 2.19. The predicted molar refractivity (Wildman–Crippen MR) is 89.4 cm³/mol. The van der Waals surface area contributed by atoms with Gasteiger partial charge in [0.25, 0.3) is 0 Å². The van der Waals surface area contributed by atoms with Crippen molar-refractivity contribution in [1.29, 1.82) is 0 Å². The molecular formula is C18H19BrO2. The molecule has 0 aliphatic carbocycles. The van der Waals surface area contributed by atoms with Crippen molar-refractivity contribution >= 4 is 21.7 Å². The standard InChI is InChI=1S/C18H19BrO2/c1-12(20)16-10-9-15(11-17(16)19)21-14-7-5-13(6-8-14)18(2,3)4/h5-11H,1-4H3. The first kappa shape index (κ1) is 15.8. The van der Waals surface area contributed by atoms with Gasteiger partial charge in [-0.3, -0.25) is 4.79 Å². The van der Waals surface area contributed by atoms with E-state index in [1.807, 2.05) is 18.2 Å². The lowest BCUT2D eigenvalue weighted by molar-refractivity contribution is 0.101. The molecule has 0 saturated heterocycles. The van der Waals surface area contributed by atoms with Crippen molar-refractivity contribution in [2.75, 3.05) is 0 Å². The van der Waals surface area contributed by atoms with Gasteiger partial charge in [0.05, 0.1) is 0 Å². The van der Waals surface area contributed by atoms with Gasteiger partial charge in [-0.25, -0.2) is 0 Å². The van der Waals surface area contributed by atoms with E-state index >= 15 is 0 Å². The maximum absolute atomic E-state index is 11.4. The lowest BCUT2D eigenvalue weighted by Crippen LogP contribution is -2.10. The molecule has 0 unspecified atom stereocenters. The van der Waals surface area contributed by atoms with Crippen LogP contribution in [0.4, 0.5) is 0 Å². The molecule has 0 radical (unpaired) electrons. The molecule has 3 heteroatoms. The largest absolute Gasteiger partial charge is 0.457 e. The quantitative estimate of drug-likeness (QED) is 0.662. The van der Waals surface area contributed by atoms with Crippen LogP contribution < -0.4 is 4.74 Å². The van der Waals surface area contributed by atoms with Crippen molar-refractivity contribution in [2.24, 2.45) is 0 Å². The second kappa shape index (κ2) is 6.02. The summed E-state index contributed by atoms with van der Waals surface area (Å²) in [7, 11) is 0. The van der Waals surface area contributed by atoms with E-state index in [4.69, 9.17) is 4.74 Å². The summed E-state index contributed by atoms with van der Waals surface area (Å²) in [6.45, 7) is 8.09. The minimum absolute atomic E-state index is 0.0305. The van der Waals surface area contributed by atoms with Crippen molar-refractivity contribution in [1.82, 2.24) is 0 Å². The average Bonchev–Trinajstić information content (AvgIpc) is 2.38. The molecule has 0 fully saturated rings. The van der Waals surface area contributed by atoms with Crippen LogP contribution in [0.3, 0.4) is 0 Å². The lowest BCUT2D eigenvalue weighted by atomic mass is 9.87. The van der Waals surface area contributed by atoms with Gasteiger partial charge in [0.1, 0.15) is 11.5 Å². The van der Waals surface area contributed by atoms with Crippen molar-refractivity contribution in [3.63, 3.8) is 0 Å². The van der Waals surface area contributed by atoms with Crippen LogP contribution in [-0.2, 0) is 5.41 Å². The lowest BCUT2D eigenvalue weighted by Gasteiger charge is -2.19. The molecule has 0 amide bonds. The minimum atomic E-state index is 0.0305. The van der Waals surface area contributed by atoms with Crippen molar-refractivity contribution in [3.05, 3.63) is 58.1 Å². The van der Waals surface area contributed by atoms with Crippen LogP contribution in [0.5, 0.6) is 11.5 Å². The number of hydrogen-bond acceptors (Lipinski definition) is 2. The van der Waals surface area contributed by atoms with Gasteiger partial charge in [-0.1, -0.05) is 32.9 Å².